The molecule has 0 spiro atoms. The summed E-state index contributed by atoms with van der Waals surface area (Å²) < 4.78 is 2.11. The van der Waals surface area contributed by atoms with Crippen molar-refractivity contribution >= 4 is 5.91 Å². The third-order valence-electron chi connectivity index (χ3n) is 3.19. The van der Waals surface area contributed by atoms with Gasteiger partial charge in [0.05, 0.1) is 6.54 Å². The van der Waals surface area contributed by atoms with Gasteiger partial charge in [0.15, 0.2) is 0 Å². The third-order valence-corrected chi connectivity index (χ3v) is 3.19. The topological polar surface area (TPSA) is 64.2 Å². The molecule has 0 bridgehead atoms. The van der Waals surface area contributed by atoms with Gasteiger partial charge in [0, 0.05) is 31.9 Å². The molecule has 0 unspecified atom stereocenters. The van der Waals surface area contributed by atoms with Crippen LogP contribution in [-0.4, -0.2) is 33.4 Å². The molecule has 1 aliphatic rings. The normalized spacial score (nSPS) is 14.8. The third kappa shape index (κ3) is 3.06. The average molecular weight is 236 g/mol. The van der Waals surface area contributed by atoms with Gasteiger partial charge in [0.25, 0.3) is 0 Å². The van der Waals surface area contributed by atoms with Crippen LogP contribution < -0.4 is 5.73 Å². The van der Waals surface area contributed by atoms with E-state index in [1.165, 1.54) is 0 Å². The Morgan fingerprint density at radius 2 is 2.24 bits per heavy atom. The van der Waals surface area contributed by atoms with Crippen molar-refractivity contribution in [3.63, 3.8) is 0 Å². The lowest BCUT2D eigenvalue weighted by Gasteiger charge is -2.27. The zero-order valence-corrected chi connectivity index (χ0v) is 10.1. The molecule has 17 heavy (non-hydrogen) atoms. The lowest BCUT2D eigenvalue weighted by Crippen LogP contribution is -2.38. The zero-order chi connectivity index (χ0) is 12.1. The van der Waals surface area contributed by atoms with Gasteiger partial charge in [-0.1, -0.05) is 6.42 Å². The maximum absolute atomic E-state index is 12.0. The first-order valence-corrected chi connectivity index (χ1v) is 6.29. The smallest absolute Gasteiger partial charge is 0.223 e. The summed E-state index contributed by atoms with van der Waals surface area (Å²) in [6, 6.07) is 0. The van der Waals surface area contributed by atoms with Crippen LogP contribution in [0.4, 0.5) is 0 Å². The molecule has 2 rings (SSSR count). The standard InChI is InChI=1S/C12H20N4O/c13-5-3-1-2-4-12(17)16-9-8-15-7-6-14-11(15)10-16/h6-7H,1-5,8-10,13H2. The zero-order valence-electron chi connectivity index (χ0n) is 10.1. The Balaban J connectivity index is 1.78. The van der Waals surface area contributed by atoms with Crippen molar-refractivity contribution in [2.75, 3.05) is 13.1 Å². The average Bonchev–Trinajstić information content (AvgIpc) is 2.81. The van der Waals surface area contributed by atoms with E-state index < -0.39 is 0 Å². The Kier molecular flexibility index (Phi) is 4.14. The molecule has 0 saturated carbocycles. The van der Waals surface area contributed by atoms with Gasteiger partial charge >= 0.3 is 0 Å². The van der Waals surface area contributed by atoms with Crippen LogP contribution in [0.5, 0.6) is 0 Å². The molecule has 1 aromatic heterocycles. The minimum absolute atomic E-state index is 0.247. The molecular formula is C12H20N4O. The summed E-state index contributed by atoms with van der Waals surface area (Å²) >= 11 is 0. The van der Waals surface area contributed by atoms with Crippen LogP contribution in [0.25, 0.3) is 0 Å². The number of fused-ring (bicyclic) bond motifs is 1. The molecule has 94 valence electrons. The van der Waals surface area contributed by atoms with E-state index in [0.717, 1.165) is 44.7 Å². The molecule has 0 aromatic carbocycles. The van der Waals surface area contributed by atoms with Crippen molar-refractivity contribution in [2.45, 2.75) is 38.8 Å². The molecule has 2 heterocycles. The molecule has 5 nitrogen and oxygen atoms in total. The monoisotopic (exact) mass is 236 g/mol. The van der Waals surface area contributed by atoms with E-state index >= 15 is 0 Å². The van der Waals surface area contributed by atoms with Crippen LogP contribution in [-0.2, 0) is 17.9 Å². The minimum atomic E-state index is 0.247. The highest BCUT2D eigenvalue weighted by molar-refractivity contribution is 5.76. The number of nitrogens with two attached hydrogens (primary N) is 1. The molecule has 0 saturated heterocycles. The lowest BCUT2D eigenvalue weighted by molar-refractivity contribution is -0.132. The summed E-state index contributed by atoms with van der Waals surface area (Å²) in [6.45, 7) is 3.04. The number of aromatic nitrogens is 2. The largest absolute Gasteiger partial charge is 0.333 e. The van der Waals surface area contributed by atoms with E-state index in [0.29, 0.717) is 13.0 Å². The highest BCUT2D eigenvalue weighted by Gasteiger charge is 2.20. The van der Waals surface area contributed by atoms with Crippen LogP contribution >= 0.6 is 0 Å². The van der Waals surface area contributed by atoms with Crippen LogP contribution in [0, 0.1) is 0 Å². The van der Waals surface area contributed by atoms with E-state index in [-0.39, 0.29) is 5.91 Å². The maximum atomic E-state index is 12.0. The summed E-state index contributed by atoms with van der Waals surface area (Å²) in [5, 5.41) is 0. The van der Waals surface area contributed by atoms with Crippen molar-refractivity contribution in [3.8, 4) is 0 Å². The fourth-order valence-corrected chi connectivity index (χ4v) is 2.14. The summed E-state index contributed by atoms with van der Waals surface area (Å²) in [6.07, 6.45) is 7.41. The molecule has 1 aromatic rings. The Morgan fingerprint density at radius 3 is 3.06 bits per heavy atom. The number of hydrogen-bond acceptors (Lipinski definition) is 3. The van der Waals surface area contributed by atoms with Crippen molar-refractivity contribution < 1.29 is 4.79 Å². The summed E-state index contributed by atoms with van der Waals surface area (Å²) in [5.41, 5.74) is 5.42. The minimum Gasteiger partial charge on any atom is -0.333 e. The Hall–Kier alpha value is -1.36. The molecule has 1 amide bonds. The number of rotatable bonds is 5. The van der Waals surface area contributed by atoms with Gasteiger partial charge in [-0.05, 0) is 19.4 Å². The van der Waals surface area contributed by atoms with E-state index in [4.69, 9.17) is 5.73 Å². The summed E-state index contributed by atoms with van der Waals surface area (Å²) in [4.78, 5) is 18.1. The van der Waals surface area contributed by atoms with Gasteiger partial charge in [-0.3, -0.25) is 4.79 Å². The predicted octanol–water partition coefficient (Wildman–Crippen LogP) is 0.744. The van der Waals surface area contributed by atoms with Crippen LogP contribution in [0.15, 0.2) is 12.4 Å². The molecule has 2 N–H and O–H groups in total. The Bertz CT molecular complexity index is 374. The van der Waals surface area contributed by atoms with Gasteiger partial charge in [-0.15, -0.1) is 0 Å². The lowest BCUT2D eigenvalue weighted by atomic mass is 10.1. The van der Waals surface area contributed by atoms with E-state index in [1.807, 2.05) is 11.1 Å². The predicted molar refractivity (Wildman–Crippen MR) is 65.2 cm³/mol. The first-order chi connectivity index (χ1) is 8.31. The SMILES string of the molecule is NCCCCCC(=O)N1CCn2ccnc2C1. The van der Waals surface area contributed by atoms with E-state index in [2.05, 4.69) is 9.55 Å². The molecule has 0 aliphatic carbocycles. The fraction of sp³-hybridized carbons (Fsp3) is 0.667. The molecule has 0 radical (unpaired) electrons. The van der Waals surface area contributed by atoms with Gasteiger partial charge < -0.3 is 15.2 Å². The summed E-state index contributed by atoms with van der Waals surface area (Å²) in [7, 11) is 0. The van der Waals surface area contributed by atoms with Crippen LogP contribution in [0.1, 0.15) is 31.5 Å². The van der Waals surface area contributed by atoms with Crippen molar-refractivity contribution in [1.29, 1.82) is 0 Å². The molecule has 0 fully saturated rings. The second kappa shape index (κ2) is 5.82. The Morgan fingerprint density at radius 1 is 1.35 bits per heavy atom. The Labute approximate surface area is 102 Å². The maximum Gasteiger partial charge on any atom is 0.223 e. The first kappa shape index (κ1) is 12.1. The van der Waals surface area contributed by atoms with Gasteiger partial charge in [0.1, 0.15) is 5.82 Å². The quantitative estimate of drug-likeness (QED) is 0.767. The van der Waals surface area contributed by atoms with E-state index in [9.17, 15) is 4.79 Å². The van der Waals surface area contributed by atoms with E-state index in [1.54, 1.807) is 6.20 Å². The van der Waals surface area contributed by atoms with Crippen LogP contribution in [0.2, 0.25) is 0 Å². The van der Waals surface area contributed by atoms with Gasteiger partial charge in [0.2, 0.25) is 5.91 Å². The number of imidazole rings is 1. The second-order valence-corrected chi connectivity index (χ2v) is 4.45. The molecule has 5 heteroatoms. The first-order valence-electron chi connectivity index (χ1n) is 6.29. The fourth-order valence-electron chi connectivity index (χ4n) is 2.14. The number of hydrogen-bond donors (Lipinski definition) is 1. The molecular weight excluding hydrogens is 216 g/mol. The van der Waals surface area contributed by atoms with Crippen molar-refractivity contribution in [2.24, 2.45) is 5.73 Å². The number of nitrogens with zero attached hydrogens (tertiary/aromatic N) is 3. The van der Waals surface area contributed by atoms with Gasteiger partial charge in [-0.25, -0.2) is 4.98 Å². The number of carbonyl (C=O) groups excluding carboxylic acids is 1. The van der Waals surface area contributed by atoms with Gasteiger partial charge in [-0.2, -0.15) is 0 Å². The van der Waals surface area contributed by atoms with Crippen LogP contribution in [0.3, 0.4) is 0 Å². The van der Waals surface area contributed by atoms with Crippen molar-refractivity contribution in [3.05, 3.63) is 18.2 Å². The number of unbranched alkanes of at least 4 members (excludes halogenated alkanes) is 2. The highest BCUT2D eigenvalue weighted by atomic mass is 16.2. The number of carbonyl (C=O) groups is 1. The molecule has 0 atom stereocenters. The molecule has 1 aliphatic heterocycles. The van der Waals surface area contributed by atoms with Crippen molar-refractivity contribution in [1.82, 2.24) is 14.5 Å². The highest BCUT2D eigenvalue weighted by Crippen LogP contribution is 2.12. The second-order valence-electron chi connectivity index (χ2n) is 4.45. The number of amides is 1. The summed E-state index contributed by atoms with van der Waals surface area (Å²) in [5.74, 6) is 1.24.